The second-order valence-corrected chi connectivity index (χ2v) is 6.01. The van der Waals surface area contributed by atoms with Crippen LogP contribution < -0.4 is 5.73 Å². The van der Waals surface area contributed by atoms with Crippen LogP contribution in [0.25, 0.3) is 22.6 Å². The van der Waals surface area contributed by atoms with Crippen LogP contribution in [0.3, 0.4) is 0 Å². The first kappa shape index (κ1) is 15.9. The highest BCUT2D eigenvalue weighted by Crippen LogP contribution is 2.29. The Hall–Kier alpha value is -3.60. The monoisotopic (exact) mass is 343 g/mol. The van der Waals surface area contributed by atoms with Crippen LogP contribution in [0.15, 0.2) is 76.1 Å². The number of fused-ring (bicyclic) bond motifs is 1. The van der Waals surface area contributed by atoms with Gasteiger partial charge in [-0.1, -0.05) is 24.3 Å². The molecule has 3 aromatic carbocycles. The van der Waals surface area contributed by atoms with E-state index in [4.69, 9.17) is 10.2 Å². The maximum atomic E-state index is 9.94. The zero-order valence-corrected chi connectivity index (χ0v) is 14.2. The van der Waals surface area contributed by atoms with E-state index in [1.165, 1.54) is 6.07 Å². The lowest BCUT2D eigenvalue weighted by atomic mass is 10.1. The molecule has 1 aromatic heterocycles. The minimum absolute atomic E-state index is 0.0624. The molecule has 0 saturated carbocycles. The van der Waals surface area contributed by atoms with Crippen molar-refractivity contribution < 1.29 is 9.52 Å². The van der Waals surface area contributed by atoms with Crippen molar-refractivity contribution >= 4 is 28.2 Å². The van der Waals surface area contributed by atoms with E-state index >= 15 is 0 Å². The van der Waals surface area contributed by atoms with Crippen LogP contribution >= 0.6 is 0 Å². The molecule has 3 N–H and O–H groups in total. The van der Waals surface area contributed by atoms with Gasteiger partial charge in [0.1, 0.15) is 17.0 Å². The summed E-state index contributed by atoms with van der Waals surface area (Å²) in [6, 6.07) is 20.4. The number of phenols is 1. The van der Waals surface area contributed by atoms with Gasteiger partial charge in [-0.25, -0.2) is 9.98 Å². The SMILES string of the molecule is CC(=Nc1ccc(N)cc1O)c1ccc(-c2nc3ccccc3o2)cc1. The van der Waals surface area contributed by atoms with Gasteiger partial charge in [0, 0.05) is 23.0 Å². The van der Waals surface area contributed by atoms with Crippen LogP contribution in [0.4, 0.5) is 11.4 Å². The molecule has 4 aromatic rings. The Kier molecular flexibility index (Phi) is 3.89. The number of aromatic hydroxyl groups is 1. The quantitative estimate of drug-likeness (QED) is 0.408. The third kappa shape index (κ3) is 3.02. The van der Waals surface area contributed by atoms with Crippen LogP contribution in [-0.2, 0) is 0 Å². The standard InChI is InChI=1S/C21H17N3O2/c1-13(23-17-11-10-16(22)12-19(17)25)14-6-8-15(9-7-14)21-24-18-4-2-3-5-20(18)26-21/h2-12,25H,22H2,1H3. The van der Waals surface area contributed by atoms with Crippen molar-refractivity contribution in [1.82, 2.24) is 4.98 Å². The van der Waals surface area contributed by atoms with Gasteiger partial charge in [0.25, 0.3) is 0 Å². The first-order valence-corrected chi connectivity index (χ1v) is 8.20. The highest BCUT2D eigenvalue weighted by Gasteiger charge is 2.08. The van der Waals surface area contributed by atoms with Gasteiger partial charge in [-0.15, -0.1) is 0 Å². The molecule has 0 fully saturated rings. The zero-order chi connectivity index (χ0) is 18.1. The largest absolute Gasteiger partial charge is 0.506 e. The molecule has 0 spiro atoms. The van der Waals surface area contributed by atoms with E-state index in [9.17, 15) is 5.11 Å². The average molecular weight is 343 g/mol. The molecule has 5 heteroatoms. The first-order chi connectivity index (χ1) is 12.6. The molecule has 0 atom stereocenters. The van der Waals surface area contributed by atoms with E-state index in [2.05, 4.69) is 9.98 Å². The third-order valence-corrected chi connectivity index (χ3v) is 4.13. The number of phenolic OH excluding ortho intramolecular Hbond substituents is 1. The molecule has 0 amide bonds. The molecule has 0 saturated heterocycles. The molecule has 5 nitrogen and oxygen atoms in total. The van der Waals surface area contributed by atoms with Gasteiger partial charge in [-0.05, 0) is 48.9 Å². The molecular formula is C21H17N3O2. The fourth-order valence-corrected chi connectivity index (χ4v) is 2.73. The highest BCUT2D eigenvalue weighted by atomic mass is 16.3. The Morgan fingerprint density at radius 1 is 1.04 bits per heavy atom. The van der Waals surface area contributed by atoms with Gasteiger partial charge in [0.05, 0.1) is 0 Å². The van der Waals surface area contributed by atoms with Crippen molar-refractivity contribution in [3.8, 4) is 17.2 Å². The number of hydrogen-bond acceptors (Lipinski definition) is 5. The molecule has 128 valence electrons. The highest BCUT2D eigenvalue weighted by molar-refractivity contribution is 6.00. The first-order valence-electron chi connectivity index (χ1n) is 8.20. The summed E-state index contributed by atoms with van der Waals surface area (Å²) in [4.78, 5) is 8.98. The van der Waals surface area contributed by atoms with E-state index in [0.717, 1.165) is 27.9 Å². The summed E-state index contributed by atoms with van der Waals surface area (Å²) >= 11 is 0. The van der Waals surface area contributed by atoms with Gasteiger partial charge in [0.15, 0.2) is 5.58 Å². The Labute approximate surface area is 150 Å². The molecule has 26 heavy (non-hydrogen) atoms. The van der Waals surface area contributed by atoms with Gasteiger partial charge in [0.2, 0.25) is 5.89 Å². The fourth-order valence-electron chi connectivity index (χ4n) is 2.73. The molecule has 0 aliphatic rings. The number of anilines is 1. The number of benzene rings is 3. The average Bonchev–Trinajstić information content (AvgIpc) is 3.08. The molecule has 0 unspecified atom stereocenters. The molecular weight excluding hydrogens is 326 g/mol. The lowest BCUT2D eigenvalue weighted by molar-refractivity contribution is 0.477. The van der Waals surface area contributed by atoms with Crippen LogP contribution in [0.1, 0.15) is 12.5 Å². The van der Waals surface area contributed by atoms with E-state index in [-0.39, 0.29) is 5.75 Å². The smallest absolute Gasteiger partial charge is 0.227 e. The molecule has 0 radical (unpaired) electrons. The van der Waals surface area contributed by atoms with Crippen molar-refractivity contribution in [1.29, 1.82) is 0 Å². The van der Waals surface area contributed by atoms with Crippen LogP contribution in [0.5, 0.6) is 5.75 Å². The van der Waals surface area contributed by atoms with Crippen LogP contribution in [-0.4, -0.2) is 15.8 Å². The number of rotatable bonds is 3. The van der Waals surface area contributed by atoms with Gasteiger partial charge in [-0.2, -0.15) is 0 Å². The van der Waals surface area contributed by atoms with Crippen molar-refractivity contribution in [2.24, 2.45) is 4.99 Å². The second-order valence-electron chi connectivity index (χ2n) is 6.01. The van der Waals surface area contributed by atoms with Crippen molar-refractivity contribution in [2.45, 2.75) is 6.92 Å². The molecule has 0 aliphatic heterocycles. The summed E-state index contributed by atoms with van der Waals surface area (Å²) in [6.45, 7) is 1.89. The van der Waals surface area contributed by atoms with E-state index in [1.54, 1.807) is 12.1 Å². The number of nitrogen functional groups attached to an aromatic ring is 1. The Balaban J connectivity index is 1.63. The van der Waals surface area contributed by atoms with Crippen molar-refractivity contribution in [2.75, 3.05) is 5.73 Å². The summed E-state index contributed by atoms with van der Waals surface area (Å²) in [5.74, 6) is 0.649. The summed E-state index contributed by atoms with van der Waals surface area (Å²) < 4.78 is 5.79. The van der Waals surface area contributed by atoms with Crippen molar-refractivity contribution in [3.63, 3.8) is 0 Å². The second kappa shape index (κ2) is 6.37. The topological polar surface area (TPSA) is 84.6 Å². The van der Waals surface area contributed by atoms with Gasteiger partial charge in [-0.3, -0.25) is 0 Å². The molecule has 0 aliphatic carbocycles. The fraction of sp³-hybridized carbons (Fsp3) is 0.0476. The lowest BCUT2D eigenvalue weighted by Crippen LogP contribution is -1.94. The number of para-hydroxylation sites is 2. The Morgan fingerprint density at radius 3 is 2.54 bits per heavy atom. The maximum Gasteiger partial charge on any atom is 0.227 e. The minimum Gasteiger partial charge on any atom is -0.506 e. The summed E-state index contributed by atoms with van der Waals surface area (Å²) in [7, 11) is 0. The predicted molar refractivity (Wildman–Crippen MR) is 104 cm³/mol. The molecule has 4 rings (SSSR count). The normalized spacial score (nSPS) is 11.8. The summed E-state index contributed by atoms with van der Waals surface area (Å²) in [5, 5.41) is 9.94. The number of hydrogen-bond donors (Lipinski definition) is 2. The Bertz CT molecular complexity index is 1080. The van der Waals surface area contributed by atoms with Gasteiger partial charge >= 0.3 is 0 Å². The van der Waals surface area contributed by atoms with Gasteiger partial charge < -0.3 is 15.3 Å². The lowest BCUT2D eigenvalue weighted by Gasteiger charge is -2.04. The summed E-state index contributed by atoms with van der Waals surface area (Å²) in [6.07, 6.45) is 0. The number of aliphatic imine (C=N–C) groups is 1. The summed E-state index contributed by atoms with van der Waals surface area (Å²) in [5.41, 5.74) is 10.9. The molecule has 1 heterocycles. The zero-order valence-electron chi connectivity index (χ0n) is 14.2. The third-order valence-electron chi connectivity index (χ3n) is 4.13. The number of oxazole rings is 1. The molecule has 0 bridgehead atoms. The number of nitrogens with two attached hydrogens (primary N) is 1. The van der Waals surface area contributed by atoms with Crippen LogP contribution in [0, 0.1) is 0 Å². The predicted octanol–water partition coefficient (Wildman–Crippen LogP) is 4.92. The van der Waals surface area contributed by atoms with Crippen LogP contribution in [0.2, 0.25) is 0 Å². The van der Waals surface area contributed by atoms with E-state index < -0.39 is 0 Å². The van der Waals surface area contributed by atoms with Crippen molar-refractivity contribution in [3.05, 3.63) is 72.3 Å². The van der Waals surface area contributed by atoms with E-state index in [0.29, 0.717) is 17.3 Å². The minimum atomic E-state index is 0.0624. The Morgan fingerprint density at radius 2 is 1.81 bits per heavy atom. The maximum absolute atomic E-state index is 9.94. The number of aromatic nitrogens is 1. The van der Waals surface area contributed by atoms with E-state index in [1.807, 2.05) is 55.5 Å². The number of nitrogens with zero attached hydrogens (tertiary/aromatic N) is 2.